The summed E-state index contributed by atoms with van der Waals surface area (Å²) in [6.45, 7) is 6.68. The Morgan fingerprint density at radius 3 is 1.95 bits per heavy atom. The van der Waals surface area contributed by atoms with Gasteiger partial charge in [-0.25, -0.2) is 4.99 Å². The van der Waals surface area contributed by atoms with Crippen LogP contribution in [0.25, 0.3) is 0 Å². The van der Waals surface area contributed by atoms with Gasteiger partial charge in [-0.15, -0.1) is 0 Å². The van der Waals surface area contributed by atoms with E-state index in [-0.39, 0.29) is 18.2 Å². The Morgan fingerprint density at radius 1 is 0.947 bits per heavy atom. The zero-order valence-corrected chi connectivity index (χ0v) is 22.3. The Balaban J connectivity index is 1.52. The number of nitriles is 1. The summed E-state index contributed by atoms with van der Waals surface area (Å²) in [5.74, 6) is 0.753. The molecule has 0 spiro atoms. The first-order valence-electron chi connectivity index (χ1n) is 13.4. The fourth-order valence-corrected chi connectivity index (χ4v) is 5.39. The van der Waals surface area contributed by atoms with E-state index in [1.807, 2.05) is 86.6 Å². The number of amides is 1. The van der Waals surface area contributed by atoms with Gasteiger partial charge in [0.1, 0.15) is 11.4 Å². The Morgan fingerprint density at radius 2 is 1.47 bits per heavy atom. The molecule has 1 N–H and O–H groups in total. The van der Waals surface area contributed by atoms with Gasteiger partial charge in [0.2, 0.25) is 0 Å². The molecule has 1 amide bonds. The third-order valence-electron chi connectivity index (χ3n) is 7.54. The monoisotopic (exact) mass is 508 g/mol. The number of hydrogen-bond acceptors (Lipinski definition) is 4. The summed E-state index contributed by atoms with van der Waals surface area (Å²) >= 11 is 0. The Kier molecular flexibility index (Phi) is 8.93. The number of nitrogens with zero attached hydrogens (tertiary/aromatic N) is 4. The number of likely N-dealkylation sites (tertiary alicyclic amines) is 1. The second-order valence-corrected chi connectivity index (χ2v) is 9.65. The van der Waals surface area contributed by atoms with Gasteiger partial charge in [0.05, 0.1) is 18.2 Å². The lowest BCUT2D eigenvalue weighted by atomic mass is 9.72. The van der Waals surface area contributed by atoms with E-state index in [0.717, 1.165) is 35.5 Å². The van der Waals surface area contributed by atoms with Gasteiger partial charge in [-0.3, -0.25) is 4.79 Å². The third-order valence-corrected chi connectivity index (χ3v) is 7.54. The Labute approximate surface area is 225 Å². The van der Waals surface area contributed by atoms with Crippen LogP contribution in [0.5, 0.6) is 0 Å². The molecule has 0 radical (unpaired) electrons. The topological polar surface area (TPSA) is 79.9 Å². The Hall–Kier alpha value is -3.95. The first-order chi connectivity index (χ1) is 18.5. The number of aliphatic hydroxyl groups is 1. The summed E-state index contributed by atoms with van der Waals surface area (Å²) in [7, 11) is 0. The van der Waals surface area contributed by atoms with Crippen LogP contribution in [0, 0.1) is 17.2 Å². The number of amidine groups is 1. The van der Waals surface area contributed by atoms with E-state index in [4.69, 9.17) is 4.99 Å². The lowest BCUT2D eigenvalue weighted by molar-refractivity contribution is -0.00665. The maximum atomic E-state index is 12.6. The lowest BCUT2D eigenvalue weighted by Gasteiger charge is -2.43. The highest BCUT2D eigenvalue weighted by molar-refractivity contribution is 5.94. The van der Waals surface area contributed by atoms with Crippen LogP contribution in [-0.2, 0) is 5.60 Å². The van der Waals surface area contributed by atoms with E-state index in [9.17, 15) is 15.2 Å². The second kappa shape index (κ2) is 12.5. The zero-order chi connectivity index (χ0) is 27.0. The van der Waals surface area contributed by atoms with Crippen molar-refractivity contribution in [3.8, 4) is 6.07 Å². The van der Waals surface area contributed by atoms with Gasteiger partial charge in [0.15, 0.2) is 0 Å². The minimum Gasteiger partial charge on any atom is -0.380 e. The van der Waals surface area contributed by atoms with E-state index in [0.29, 0.717) is 31.7 Å². The highest BCUT2D eigenvalue weighted by Gasteiger charge is 2.41. The molecule has 4 rings (SSSR count). The summed E-state index contributed by atoms with van der Waals surface area (Å²) in [5, 5.41) is 21.7. The van der Waals surface area contributed by atoms with Crippen molar-refractivity contribution in [1.82, 2.24) is 9.80 Å². The van der Waals surface area contributed by atoms with Crippen LogP contribution in [0.3, 0.4) is 0 Å². The lowest BCUT2D eigenvalue weighted by Crippen LogP contribution is -2.46. The van der Waals surface area contributed by atoms with Crippen molar-refractivity contribution in [3.63, 3.8) is 0 Å². The van der Waals surface area contributed by atoms with Crippen molar-refractivity contribution < 1.29 is 9.90 Å². The average molecular weight is 509 g/mol. The number of benzene rings is 3. The molecule has 196 valence electrons. The first-order valence-corrected chi connectivity index (χ1v) is 13.4. The van der Waals surface area contributed by atoms with Crippen molar-refractivity contribution in [1.29, 1.82) is 5.26 Å². The van der Waals surface area contributed by atoms with Crippen LogP contribution >= 0.6 is 0 Å². The van der Waals surface area contributed by atoms with Crippen LogP contribution < -0.4 is 0 Å². The maximum absolute atomic E-state index is 12.6. The molecule has 1 aliphatic rings. The van der Waals surface area contributed by atoms with Crippen LogP contribution in [0.4, 0.5) is 5.69 Å². The predicted molar refractivity (Wildman–Crippen MR) is 151 cm³/mol. The molecular formula is C32H36N4O2. The zero-order valence-electron chi connectivity index (χ0n) is 22.3. The average Bonchev–Trinajstić information content (AvgIpc) is 2.98. The fraction of sp³-hybridized carbons (Fsp3) is 0.344. The van der Waals surface area contributed by atoms with Gasteiger partial charge >= 0.3 is 0 Å². The van der Waals surface area contributed by atoms with Crippen molar-refractivity contribution in [2.45, 2.75) is 38.7 Å². The van der Waals surface area contributed by atoms with Gasteiger partial charge in [0, 0.05) is 31.7 Å². The van der Waals surface area contributed by atoms with Crippen LogP contribution in [0.1, 0.15) is 54.6 Å². The second-order valence-electron chi connectivity index (χ2n) is 9.65. The molecule has 38 heavy (non-hydrogen) atoms. The molecule has 0 atom stereocenters. The predicted octanol–water partition coefficient (Wildman–Crippen LogP) is 5.76. The molecule has 1 heterocycles. The maximum Gasteiger partial charge on any atom is 0.253 e. The van der Waals surface area contributed by atoms with Gasteiger partial charge in [-0.2, -0.15) is 5.26 Å². The molecule has 3 aromatic rings. The van der Waals surface area contributed by atoms with Gasteiger partial charge < -0.3 is 14.9 Å². The molecule has 0 saturated carbocycles. The molecule has 0 aromatic heterocycles. The van der Waals surface area contributed by atoms with E-state index in [1.165, 1.54) is 0 Å². The molecule has 6 heteroatoms. The van der Waals surface area contributed by atoms with E-state index in [1.54, 1.807) is 17.0 Å². The van der Waals surface area contributed by atoms with Gasteiger partial charge in [-0.05, 0) is 68.0 Å². The summed E-state index contributed by atoms with van der Waals surface area (Å²) in [6.07, 6.45) is 1.73. The molecule has 1 saturated heterocycles. The normalized spacial score (nSPS) is 14.7. The molecular weight excluding hydrogens is 472 g/mol. The SMILES string of the molecule is CCN(CC)C(=O)c1ccc(N=C(CC#N)N2CCC(C(O)(c3ccccc3)c3ccccc3)CC2)cc1. The van der Waals surface area contributed by atoms with Crippen molar-refractivity contribution in [2.24, 2.45) is 10.9 Å². The van der Waals surface area contributed by atoms with Crippen LogP contribution in [0.15, 0.2) is 89.9 Å². The Bertz CT molecular complexity index is 1210. The smallest absolute Gasteiger partial charge is 0.253 e. The standard InChI is InChI=1S/C32H36N4O2/c1-3-35(4-2)31(37)25-15-17-29(18-16-25)34-30(19-22-33)36-23-20-28(21-24-36)32(38,26-11-7-5-8-12-26)27-13-9-6-10-14-27/h5-18,28,38H,3-4,19-21,23-24H2,1-2H3. The minimum absolute atomic E-state index is 0.00849. The third kappa shape index (κ3) is 5.79. The minimum atomic E-state index is -1.09. The molecule has 6 nitrogen and oxygen atoms in total. The number of piperidine rings is 1. The molecule has 0 bridgehead atoms. The summed E-state index contributed by atoms with van der Waals surface area (Å²) in [6, 6.07) is 29.3. The van der Waals surface area contributed by atoms with Crippen LogP contribution in [0.2, 0.25) is 0 Å². The number of aliphatic imine (C=N–C) groups is 1. The first kappa shape index (κ1) is 27.1. The van der Waals surface area contributed by atoms with E-state index < -0.39 is 5.60 Å². The van der Waals surface area contributed by atoms with E-state index in [2.05, 4.69) is 11.0 Å². The number of carbonyl (C=O) groups is 1. The highest BCUT2D eigenvalue weighted by Crippen LogP contribution is 2.42. The summed E-state index contributed by atoms with van der Waals surface area (Å²) in [4.78, 5) is 21.4. The van der Waals surface area contributed by atoms with Gasteiger partial charge in [-0.1, -0.05) is 60.7 Å². The summed E-state index contributed by atoms with van der Waals surface area (Å²) < 4.78 is 0. The largest absolute Gasteiger partial charge is 0.380 e. The molecule has 0 aliphatic carbocycles. The van der Waals surface area contributed by atoms with Crippen molar-refractivity contribution in [3.05, 3.63) is 102 Å². The summed E-state index contributed by atoms with van der Waals surface area (Å²) in [5.41, 5.74) is 2.06. The van der Waals surface area contributed by atoms with E-state index >= 15 is 0 Å². The van der Waals surface area contributed by atoms with Crippen molar-refractivity contribution in [2.75, 3.05) is 26.2 Å². The quantitative estimate of drug-likeness (QED) is 0.310. The number of rotatable bonds is 8. The fourth-order valence-electron chi connectivity index (χ4n) is 5.39. The number of carbonyl (C=O) groups excluding carboxylic acids is 1. The molecule has 1 aliphatic heterocycles. The molecule has 0 unspecified atom stereocenters. The number of hydrogen-bond donors (Lipinski definition) is 1. The van der Waals surface area contributed by atoms with Crippen LogP contribution in [-0.4, -0.2) is 52.8 Å². The van der Waals surface area contributed by atoms with Crippen molar-refractivity contribution >= 4 is 17.4 Å². The highest BCUT2D eigenvalue weighted by atomic mass is 16.3. The molecule has 1 fully saturated rings. The molecule has 3 aromatic carbocycles. The van der Waals surface area contributed by atoms with Gasteiger partial charge in [0.25, 0.3) is 5.91 Å².